The molecule has 1 aromatic heterocycles. The molecule has 14 heteroatoms. The van der Waals surface area contributed by atoms with Crippen LogP contribution in [0.5, 0.6) is 17.2 Å². The Bertz CT molecular complexity index is 997. The monoisotopic (exact) mass is 482 g/mol. The SMILES string of the molecule is COc1cc2c(NCCCCCO[N+](=O)[O-])ncnc2c(OC)c1OC.O=C(O)/C=C\C(=O)O. The van der Waals surface area contributed by atoms with Gasteiger partial charge in [0.15, 0.2) is 11.5 Å². The highest BCUT2D eigenvalue weighted by atomic mass is 16.9. The summed E-state index contributed by atoms with van der Waals surface area (Å²) >= 11 is 0. The van der Waals surface area contributed by atoms with Crippen molar-refractivity contribution in [2.24, 2.45) is 0 Å². The van der Waals surface area contributed by atoms with Crippen LogP contribution in [0.1, 0.15) is 19.3 Å². The second kappa shape index (κ2) is 14.7. The standard InChI is InChI=1S/C16H22N4O6.C4H4O4/c1-23-12-9-11-13(15(25-3)14(12)24-2)18-10-19-16(11)17-7-5-4-6-8-26-20(21)22;5-3(6)1-2-4(7)8/h9-10H,4-8H2,1-3H3,(H,17,18,19);1-2H,(H,5,6)(H,7,8)/b;2-1-. The Morgan fingerprint density at radius 2 is 1.68 bits per heavy atom. The fourth-order valence-corrected chi connectivity index (χ4v) is 2.70. The molecule has 1 aromatic carbocycles. The van der Waals surface area contributed by atoms with Gasteiger partial charge in [-0.25, -0.2) is 19.6 Å². The maximum absolute atomic E-state index is 10.1. The zero-order chi connectivity index (χ0) is 25.5. The van der Waals surface area contributed by atoms with Crippen LogP contribution in [0.4, 0.5) is 5.82 Å². The topological polar surface area (TPSA) is 192 Å². The van der Waals surface area contributed by atoms with Gasteiger partial charge in [-0.1, -0.05) is 0 Å². The molecule has 0 aliphatic rings. The first-order valence-electron chi connectivity index (χ1n) is 9.83. The number of aromatic nitrogens is 2. The van der Waals surface area contributed by atoms with Gasteiger partial charge in [0.25, 0.3) is 5.09 Å². The summed E-state index contributed by atoms with van der Waals surface area (Å²) in [5, 5.41) is 28.9. The van der Waals surface area contributed by atoms with Gasteiger partial charge in [-0.2, -0.15) is 0 Å². The van der Waals surface area contributed by atoms with E-state index >= 15 is 0 Å². The minimum atomic E-state index is -1.26. The van der Waals surface area contributed by atoms with Gasteiger partial charge in [-0.05, 0) is 25.3 Å². The van der Waals surface area contributed by atoms with Gasteiger partial charge in [0.05, 0.1) is 33.3 Å². The molecule has 0 aliphatic heterocycles. The lowest BCUT2D eigenvalue weighted by atomic mass is 10.1. The van der Waals surface area contributed by atoms with Gasteiger partial charge < -0.3 is 34.6 Å². The number of aliphatic carboxylic acids is 2. The van der Waals surface area contributed by atoms with Crippen LogP contribution in [0, 0.1) is 10.1 Å². The van der Waals surface area contributed by atoms with E-state index in [2.05, 4.69) is 20.1 Å². The van der Waals surface area contributed by atoms with Crippen LogP contribution in [0.15, 0.2) is 24.5 Å². The number of nitrogens with one attached hydrogen (secondary N) is 1. The fraction of sp³-hybridized carbons (Fsp3) is 0.400. The molecule has 0 aliphatic carbocycles. The number of unbranched alkanes of at least 4 members (excludes halogenated alkanes) is 2. The quantitative estimate of drug-likeness (QED) is 0.163. The van der Waals surface area contributed by atoms with Crippen molar-refractivity contribution in [1.29, 1.82) is 0 Å². The molecule has 0 fully saturated rings. The van der Waals surface area contributed by atoms with E-state index in [0.717, 1.165) is 18.2 Å². The second-order valence-electron chi connectivity index (χ2n) is 6.32. The Kier molecular flexibility index (Phi) is 11.9. The highest BCUT2D eigenvalue weighted by molar-refractivity contribution is 5.96. The van der Waals surface area contributed by atoms with Crippen LogP contribution in [-0.4, -0.2) is 71.7 Å². The number of hydrogen-bond acceptors (Lipinski definition) is 11. The molecule has 2 rings (SSSR count). The predicted octanol–water partition coefficient (Wildman–Crippen LogP) is 2.16. The number of carbonyl (C=O) groups is 2. The number of nitrogens with zero attached hydrogens (tertiary/aromatic N) is 3. The van der Waals surface area contributed by atoms with E-state index in [-0.39, 0.29) is 6.61 Å². The molecule has 0 spiro atoms. The Labute approximate surface area is 194 Å². The molecule has 3 N–H and O–H groups in total. The van der Waals surface area contributed by atoms with Gasteiger partial charge in [-0.15, -0.1) is 10.1 Å². The number of carboxylic acid groups (broad SMARTS) is 2. The summed E-state index contributed by atoms with van der Waals surface area (Å²) in [6.07, 6.45) is 4.79. The van der Waals surface area contributed by atoms with Crippen LogP contribution >= 0.6 is 0 Å². The normalized spacial score (nSPS) is 10.2. The lowest BCUT2D eigenvalue weighted by Crippen LogP contribution is -2.07. The van der Waals surface area contributed by atoms with Gasteiger partial charge in [0.1, 0.15) is 17.7 Å². The lowest BCUT2D eigenvalue weighted by molar-refractivity contribution is -0.757. The molecule has 0 radical (unpaired) electrons. The van der Waals surface area contributed by atoms with E-state index in [9.17, 15) is 19.7 Å². The molecular weight excluding hydrogens is 456 g/mol. The Balaban J connectivity index is 0.000000620. The van der Waals surface area contributed by atoms with Crippen LogP contribution in [0.25, 0.3) is 10.9 Å². The second-order valence-corrected chi connectivity index (χ2v) is 6.32. The maximum atomic E-state index is 10.1. The molecule has 0 bridgehead atoms. The Morgan fingerprint density at radius 3 is 2.21 bits per heavy atom. The summed E-state index contributed by atoms with van der Waals surface area (Å²) < 4.78 is 16.2. The van der Waals surface area contributed by atoms with Crippen molar-refractivity contribution in [3.05, 3.63) is 34.7 Å². The summed E-state index contributed by atoms with van der Waals surface area (Å²) in [4.78, 5) is 42.0. The van der Waals surface area contributed by atoms with Gasteiger partial charge in [-0.3, -0.25) is 0 Å². The van der Waals surface area contributed by atoms with Gasteiger partial charge >= 0.3 is 11.9 Å². The highest BCUT2D eigenvalue weighted by Crippen LogP contribution is 2.43. The largest absolute Gasteiger partial charge is 0.493 e. The molecule has 0 saturated carbocycles. The summed E-state index contributed by atoms with van der Waals surface area (Å²) in [6.45, 7) is 0.763. The minimum Gasteiger partial charge on any atom is -0.493 e. The Hall–Kier alpha value is -4.36. The average molecular weight is 482 g/mol. The third kappa shape index (κ3) is 9.02. The molecule has 0 saturated heterocycles. The number of hydrogen-bond donors (Lipinski definition) is 3. The van der Waals surface area contributed by atoms with Gasteiger partial charge in [0.2, 0.25) is 5.75 Å². The smallest absolute Gasteiger partial charge is 0.328 e. The molecule has 14 nitrogen and oxygen atoms in total. The zero-order valence-electron chi connectivity index (χ0n) is 18.8. The summed E-state index contributed by atoms with van der Waals surface area (Å²) in [7, 11) is 4.63. The van der Waals surface area contributed by atoms with Crippen LogP contribution in [0.2, 0.25) is 0 Å². The number of anilines is 1. The fourth-order valence-electron chi connectivity index (χ4n) is 2.70. The van der Waals surface area contributed by atoms with Crippen molar-refractivity contribution >= 4 is 28.7 Å². The number of benzene rings is 1. The predicted molar refractivity (Wildman–Crippen MR) is 119 cm³/mol. The van der Waals surface area contributed by atoms with E-state index in [1.54, 1.807) is 20.3 Å². The number of carboxylic acids is 2. The molecular formula is C20H26N4O10. The van der Waals surface area contributed by atoms with E-state index < -0.39 is 17.0 Å². The van der Waals surface area contributed by atoms with Crippen LogP contribution in [-0.2, 0) is 14.4 Å². The van der Waals surface area contributed by atoms with Crippen molar-refractivity contribution in [2.75, 3.05) is 39.8 Å². The zero-order valence-corrected chi connectivity index (χ0v) is 18.8. The lowest BCUT2D eigenvalue weighted by Gasteiger charge is -2.15. The Morgan fingerprint density at radius 1 is 1.03 bits per heavy atom. The highest BCUT2D eigenvalue weighted by Gasteiger charge is 2.19. The van der Waals surface area contributed by atoms with E-state index in [0.29, 0.717) is 53.7 Å². The van der Waals surface area contributed by atoms with Crippen LogP contribution < -0.4 is 19.5 Å². The van der Waals surface area contributed by atoms with E-state index in [1.165, 1.54) is 13.4 Å². The van der Waals surface area contributed by atoms with Crippen molar-refractivity contribution < 1.29 is 43.9 Å². The molecule has 2 aromatic rings. The van der Waals surface area contributed by atoms with Crippen molar-refractivity contribution in [3.63, 3.8) is 0 Å². The summed E-state index contributed by atoms with van der Waals surface area (Å²) in [5.74, 6) is -0.399. The summed E-state index contributed by atoms with van der Waals surface area (Å²) in [5.41, 5.74) is 0.613. The van der Waals surface area contributed by atoms with Crippen LogP contribution in [0.3, 0.4) is 0 Å². The van der Waals surface area contributed by atoms with Crippen molar-refractivity contribution in [1.82, 2.24) is 9.97 Å². The number of fused-ring (bicyclic) bond motifs is 1. The molecule has 186 valence electrons. The number of methoxy groups -OCH3 is 3. The number of rotatable bonds is 13. The van der Waals surface area contributed by atoms with E-state index in [4.69, 9.17) is 24.4 Å². The molecule has 0 unspecified atom stereocenters. The van der Waals surface area contributed by atoms with Crippen molar-refractivity contribution in [2.45, 2.75) is 19.3 Å². The molecule has 1 heterocycles. The first kappa shape index (κ1) is 27.7. The maximum Gasteiger partial charge on any atom is 0.328 e. The molecule has 0 amide bonds. The van der Waals surface area contributed by atoms with Gasteiger partial charge in [0, 0.05) is 18.7 Å². The third-order valence-electron chi connectivity index (χ3n) is 4.11. The average Bonchev–Trinajstić information content (AvgIpc) is 2.81. The third-order valence-corrected chi connectivity index (χ3v) is 4.11. The molecule has 34 heavy (non-hydrogen) atoms. The number of ether oxygens (including phenoxy) is 3. The molecule has 0 atom stereocenters. The minimum absolute atomic E-state index is 0.109. The summed E-state index contributed by atoms with van der Waals surface area (Å²) in [6, 6.07) is 1.80. The van der Waals surface area contributed by atoms with E-state index in [1.807, 2.05) is 0 Å². The first-order chi connectivity index (χ1) is 16.2. The van der Waals surface area contributed by atoms with Crippen molar-refractivity contribution in [3.8, 4) is 17.2 Å². The first-order valence-corrected chi connectivity index (χ1v) is 9.83.